The molecule has 142 valence electrons. The minimum absolute atomic E-state index is 0.0248. The van der Waals surface area contributed by atoms with Gasteiger partial charge in [-0.15, -0.1) is 0 Å². The fourth-order valence-corrected chi connectivity index (χ4v) is 3.27. The molecular formula is C17H27F2N3O3. The van der Waals surface area contributed by atoms with E-state index >= 15 is 0 Å². The first-order valence-corrected chi connectivity index (χ1v) is 8.68. The summed E-state index contributed by atoms with van der Waals surface area (Å²) in [5, 5.41) is 14.9. The first kappa shape index (κ1) is 19.6. The summed E-state index contributed by atoms with van der Waals surface area (Å²) in [6.45, 7) is 6.59. The third-order valence-electron chi connectivity index (χ3n) is 4.48. The molecule has 1 aliphatic carbocycles. The van der Waals surface area contributed by atoms with Crippen molar-refractivity contribution in [3.05, 3.63) is 0 Å². The van der Waals surface area contributed by atoms with Crippen LogP contribution in [0, 0.1) is 11.3 Å². The van der Waals surface area contributed by atoms with Crippen LogP contribution in [0.15, 0.2) is 5.10 Å². The molecular weight excluding hydrogens is 332 g/mol. The Bertz CT molecular complexity index is 548. The number of halogens is 2. The van der Waals surface area contributed by atoms with Crippen LogP contribution in [0.3, 0.4) is 0 Å². The number of nitrogens with zero attached hydrogens (tertiary/aromatic N) is 3. The summed E-state index contributed by atoms with van der Waals surface area (Å²) < 4.78 is 26.4. The van der Waals surface area contributed by atoms with E-state index in [9.17, 15) is 23.5 Å². The Kier molecular flexibility index (Phi) is 5.68. The number of amides is 2. The van der Waals surface area contributed by atoms with Crippen LogP contribution in [0.1, 0.15) is 52.9 Å². The molecule has 8 heteroatoms. The standard InChI is InChI=1S/C17H27F2N3O3/c1-16(2,3)11-21(15(24)25)10-13-8-14(23)22(20-13)9-12-4-6-17(18,19)7-5-12/h12H,4-11H2,1-3H3,(H,24,25). The van der Waals surface area contributed by atoms with Crippen molar-refractivity contribution in [1.82, 2.24) is 9.91 Å². The lowest BCUT2D eigenvalue weighted by molar-refractivity contribution is -0.129. The summed E-state index contributed by atoms with van der Waals surface area (Å²) in [4.78, 5) is 24.8. The SMILES string of the molecule is CC(C)(C)CN(CC1=NN(CC2CCC(F)(F)CC2)C(=O)C1)C(=O)O. The average molecular weight is 359 g/mol. The van der Waals surface area contributed by atoms with E-state index in [-0.39, 0.29) is 43.0 Å². The van der Waals surface area contributed by atoms with E-state index in [2.05, 4.69) is 5.10 Å². The number of carbonyl (C=O) groups excluding carboxylic acids is 1. The predicted molar refractivity (Wildman–Crippen MR) is 89.7 cm³/mol. The minimum atomic E-state index is -2.59. The van der Waals surface area contributed by atoms with Crippen LogP contribution >= 0.6 is 0 Å². The second kappa shape index (κ2) is 7.25. The molecule has 0 aromatic rings. The molecule has 1 heterocycles. The molecule has 6 nitrogen and oxygen atoms in total. The van der Waals surface area contributed by atoms with Crippen molar-refractivity contribution in [1.29, 1.82) is 0 Å². The highest BCUT2D eigenvalue weighted by Crippen LogP contribution is 2.36. The molecule has 1 fully saturated rings. The van der Waals surface area contributed by atoms with Crippen LogP contribution in [0.5, 0.6) is 0 Å². The summed E-state index contributed by atoms with van der Waals surface area (Å²) in [7, 11) is 0. The van der Waals surface area contributed by atoms with E-state index in [0.717, 1.165) is 0 Å². The molecule has 0 spiro atoms. The van der Waals surface area contributed by atoms with Crippen molar-refractivity contribution in [2.75, 3.05) is 19.6 Å². The van der Waals surface area contributed by atoms with Gasteiger partial charge < -0.3 is 10.0 Å². The van der Waals surface area contributed by atoms with Gasteiger partial charge in [0, 0.05) is 25.9 Å². The van der Waals surface area contributed by atoms with Crippen LogP contribution in [0.4, 0.5) is 13.6 Å². The largest absolute Gasteiger partial charge is 0.465 e. The van der Waals surface area contributed by atoms with Gasteiger partial charge in [0.1, 0.15) is 0 Å². The van der Waals surface area contributed by atoms with Crippen LogP contribution < -0.4 is 0 Å². The van der Waals surface area contributed by atoms with Gasteiger partial charge in [0.2, 0.25) is 11.8 Å². The first-order valence-electron chi connectivity index (χ1n) is 8.68. The number of rotatable bonds is 5. The highest BCUT2D eigenvalue weighted by Gasteiger charge is 2.37. The number of hydrogen-bond donors (Lipinski definition) is 1. The molecule has 0 radical (unpaired) electrons. The van der Waals surface area contributed by atoms with Gasteiger partial charge in [-0.3, -0.25) is 4.79 Å². The van der Waals surface area contributed by atoms with Crippen LogP contribution in [-0.4, -0.2) is 58.3 Å². The summed E-state index contributed by atoms with van der Waals surface area (Å²) in [5.74, 6) is -2.75. The quantitative estimate of drug-likeness (QED) is 0.817. The van der Waals surface area contributed by atoms with Gasteiger partial charge in [-0.1, -0.05) is 20.8 Å². The smallest absolute Gasteiger partial charge is 0.407 e. The molecule has 0 unspecified atom stereocenters. The average Bonchev–Trinajstić information content (AvgIpc) is 2.79. The van der Waals surface area contributed by atoms with Gasteiger partial charge in [-0.25, -0.2) is 18.6 Å². The van der Waals surface area contributed by atoms with Crippen LogP contribution in [-0.2, 0) is 4.79 Å². The highest BCUT2D eigenvalue weighted by molar-refractivity contribution is 6.06. The molecule has 1 saturated carbocycles. The van der Waals surface area contributed by atoms with Gasteiger partial charge in [-0.05, 0) is 24.2 Å². The van der Waals surface area contributed by atoms with Crippen LogP contribution in [0.2, 0.25) is 0 Å². The Morgan fingerprint density at radius 3 is 2.48 bits per heavy atom. The van der Waals surface area contributed by atoms with E-state index in [0.29, 0.717) is 31.6 Å². The third kappa shape index (κ3) is 5.93. The Morgan fingerprint density at radius 2 is 1.96 bits per heavy atom. The number of hydrogen-bond acceptors (Lipinski definition) is 3. The molecule has 2 aliphatic rings. The second-order valence-electron chi connectivity index (χ2n) is 8.32. The summed E-state index contributed by atoms with van der Waals surface area (Å²) in [5.41, 5.74) is 0.312. The van der Waals surface area contributed by atoms with E-state index in [4.69, 9.17) is 0 Å². The van der Waals surface area contributed by atoms with Crippen molar-refractivity contribution in [2.24, 2.45) is 16.4 Å². The molecule has 25 heavy (non-hydrogen) atoms. The topological polar surface area (TPSA) is 73.2 Å². The molecule has 1 aliphatic heterocycles. The van der Waals surface area contributed by atoms with Gasteiger partial charge >= 0.3 is 6.09 Å². The van der Waals surface area contributed by atoms with Crippen molar-refractivity contribution >= 4 is 17.7 Å². The van der Waals surface area contributed by atoms with Gasteiger partial charge in [0.25, 0.3) is 0 Å². The normalized spacial score (nSPS) is 21.4. The van der Waals surface area contributed by atoms with E-state index < -0.39 is 12.0 Å². The summed E-state index contributed by atoms with van der Waals surface area (Å²) >= 11 is 0. The fourth-order valence-electron chi connectivity index (χ4n) is 3.27. The van der Waals surface area contributed by atoms with Crippen molar-refractivity contribution in [2.45, 2.75) is 58.8 Å². The molecule has 0 bridgehead atoms. The fraction of sp³-hybridized carbons (Fsp3) is 0.824. The number of carboxylic acid groups (broad SMARTS) is 1. The Labute approximate surface area is 146 Å². The number of alkyl halides is 2. The minimum Gasteiger partial charge on any atom is -0.465 e. The lowest BCUT2D eigenvalue weighted by Gasteiger charge is -2.29. The monoisotopic (exact) mass is 359 g/mol. The van der Waals surface area contributed by atoms with Crippen molar-refractivity contribution in [3.63, 3.8) is 0 Å². The molecule has 2 rings (SSSR count). The zero-order valence-electron chi connectivity index (χ0n) is 15.1. The van der Waals surface area contributed by atoms with Gasteiger partial charge in [0.15, 0.2) is 0 Å². The molecule has 0 atom stereocenters. The van der Waals surface area contributed by atoms with Crippen molar-refractivity contribution in [3.8, 4) is 0 Å². The zero-order chi connectivity index (χ0) is 18.8. The Balaban J connectivity index is 1.93. The van der Waals surface area contributed by atoms with E-state index in [1.165, 1.54) is 9.91 Å². The van der Waals surface area contributed by atoms with Gasteiger partial charge in [0.05, 0.1) is 18.7 Å². The maximum absolute atomic E-state index is 13.2. The van der Waals surface area contributed by atoms with Crippen LogP contribution in [0.25, 0.3) is 0 Å². The maximum atomic E-state index is 13.2. The Hall–Kier alpha value is -1.73. The molecule has 2 amide bonds. The van der Waals surface area contributed by atoms with Gasteiger partial charge in [-0.2, -0.15) is 5.10 Å². The third-order valence-corrected chi connectivity index (χ3v) is 4.48. The van der Waals surface area contributed by atoms with Crippen molar-refractivity contribution < 1.29 is 23.5 Å². The predicted octanol–water partition coefficient (Wildman–Crippen LogP) is 3.43. The maximum Gasteiger partial charge on any atom is 0.407 e. The lowest BCUT2D eigenvalue weighted by Crippen LogP contribution is -2.40. The zero-order valence-corrected chi connectivity index (χ0v) is 15.1. The highest BCUT2D eigenvalue weighted by atomic mass is 19.3. The first-order chi connectivity index (χ1) is 11.5. The number of carbonyl (C=O) groups is 2. The second-order valence-corrected chi connectivity index (χ2v) is 8.32. The summed E-state index contributed by atoms with van der Waals surface area (Å²) in [6, 6.07) is 0. The number of hydrazone groups is 1. The lowest BCUT2D eigenvalue weighted by atomic mass is 9.86. The molecule has 0 saturated heterocycles. The summed E-state index contributed by atoms with van der Waals surface area (Å²) in [6.07, 6.45) is -0.474. The Morgan fingerprint density at radius 1 is 1.36 bits per heavy atom. The van der Waals surface area contributed by atoms with E-state index in [1.807, 2.05) is 20.8 Å². The molecule has 1 N–H and O–H groups in total. The molecule has 0 aromatic carbocycles. The van der Waals surface area contributed by atoms with E-state index in [1.54, 1.807) is 0 Å². The molecule has 0 aromatic heterocycles.